The van der Waals surface area contributed by atoms with Crippen LogP contribution in [-0.4, -0.2) is 40.1 Å². The first-order chi connectivity index (χ1) is 13.9. The second-order valence-electron chi connectivity index (χ2n) is 7.80. The monoisotopic (exact) mass is 389 g/mol. The number of esters is 1. The average molecular weight is 389 g/mol. The molecule has 1 aromatic heterocycles. The summed E-state index contributed by atoms with van der Waals surface area (Å²) < 4.78 is 5.23. The second kappa shape index (κ2) is 7.20. The van der Waals surface area contributed by atoms with Gasteiger partial charge in [0.05, 0.1) is 18.5 Å². The largest absolute Gasteiger partial charge is 0.462 e. The SMILES string of the molecule is CCOC(=O)C1=CN(C(=O)c2ccc3ccccc3c2)CC(C)(C)c2cn[nH]c21. The normalized spacial score (nSPS) is 15.4. The number of hydrogen-bond acceptors (Lipinski definition) is 4. The third-order valence-electron chi connectivity index (χ3n) is 5.24. The molecule has 148 valence electrons. The fourth-order valence-corrected chi connectivity index (χ4v) is 3.76. The van der Waals surface area contributed by atoms with E-state index in [1.54, 1.807) is 24.2 Å². The third kappa shape index (κ3) is 3.42. The molecule has 0 saturated heterocycles. The number of hydrogen-bond donors (Lipinski definition) is 1. The fraction of sp³-hybridized carbons (Fsp3) is 0.261. The van der Waals surface area contributed by atoms with Crippen molar-refractivity contribution in [2.75, 3.05) is 13.2 Å². The molecule has 0 atom stereocenters. The maximum absolute atomic E-state index is 13.4. The van der Waals surface area contributed by atoms with Crippen LogP contribution in [0, 0.1) is 0 Å². The van der Waals surface area contributed by atoms with Crippen LogP contribution in [0.2, 0.25) is 0 Å². The van der Waals surface area contributed by atoms with Crippen molar-refractivity contribution in [1.82, 2.24) is 15.1 Å². The lowest BCUT2D eigenvalue weighted by atomic mass is 9.84. The van der Waals surface area contributed by atoms with Crippen LogP contribution < -0.4 is 0 Å². The zero-order chi connectivity index (χ0) is 20.6. The first kappa shape index (κ1) is 18.9. The Kier molecular flexibility index (Phi) is 4.70. The van der Waals surface area contributed by atoms with E-state index in [1.165, 1.54) is 0 Å². The molecule has 1 N–H and O–H groups in total. The topological polar surface area (TPSA) is 75.3 Å². The molecule has 0 fully saturated rings. The lowest BCUT2D eigenvalue weighted by molar-refractivity contribution is -0.136. The fourth-order valence-electron chi connectivity index (χ4n) is 3.76. The first-order valence-corrected chi connectivity index (χ1v) is 9.63. The number of H-pyrrole nitrogens is 1. The number of benzene rings is 2. The van der Waals surface area contributed by atoms with Gasteiger partial charge in [-0.25, -0.2) is 4.79 Å². The molecule has 0 bridgehead atoms. The summed E-state index contributed by atoms with van der Waals surface area (Å²) in [6.45, 7) is 6.48. The van der Waals surface area contributed by atoms with E-state index in [0.717, 1.165) is 16.3 Å². The molecule has 4 rings (SSSR count). The number of fused-ring (bicyclic) bond motifs is 2. The Morgan fingerprint density at radius 3 is 2.69 bits per heavy atom. The van der Waals surface area contributed by atoms with Gasteiger partial charge in [-0.2, -0.15) is 5.10 Å². The Bertz CT molecular complexity index is 1130. The summed E-state index contributed by atoms with van der Waals surface area (Å²) in [7, 11) is 0. The summed E-state index contributed by atoms with van der Waals surface area (Å²) in [5.41, 5.74) is 1.95. The Morgan fingerprint density at radius 2 is 1.93 bits per heavy atom. The highest BCUT2D eigenvalue weighted by atomic mass is 16.5. The van der Waals surface area contributed by atoms with Gasteiger partial charge in [-0.1, -0.05) is 44.2 Å². The van der Waals surface area contributed by atoms with Crippen molar-refractivity contribution in [2.45, 2.75) is 26.2 Å². The molecule has 0 aliphatic carbocycles. The van der Waals surface area contributed by atoms with Crippen molar-refractivity contribution >= 4 is 28.2 Å². The van der Waals surface area contributed by atoms with E-state index in [9.17, 15) is 9.59 Å². The number of amides is 1. The van der Waals surface area contributed by atoms with Crippen LogP contribution >= 0.6 is 0 Å². The Labute approximate surface area is 169 Å². The van der Waals surface area contributed by atoms with E-state index >= 15 is 0 Å². The minimum absolute atomic E-state index is 0.163. The molecule has 6 nitrogen and oxygen atoms in total. The number of ether oxygens (including phenoxy) is 1. The summed E-state index contributed by atoms with van der Waals surface area (Å²) in [6, 6.07) is 13.6. The van der Waals surface area contributed by atoms with Crippen LogP contribution in [0.3, 0.4) is 0 Å². The standard InChI is InChI=1S/C23H23N3O3/c1-4-29-22(28)18-13-26(14-23(2,3)19-12-24-25-20(18)19)21(27)17-10-9-15-7-5-6-8-16(15)11-17/h5-13H,4,14H2,1-3H3,(H,24,25). The molecule has 0 spiro atoms. The smallest absolute Gasteiger partial charge is 0.341 e. The molecular formula is C23H23N3O3. The number of carbonyl (C=O) groups excluding carboxylic acids is 2. The van der Waals surface area contributed by atoms with Crippen LogP contribution in [0.5, 0.6) is 0 Å². The minimum atomic E-state index is -0.480. The number of aromatic amines is 1. The highest BCUT2D eigenvalue weighted by Crippen LogP contribution is 2.35. The molecule has 0 saturated carbocycles. The van der Waals surface area contributed by atoms with E-state index in [2.05, 4.69) is 10.2 Å². The minimum Gasteiger partial charge on any atom is -0.462 e. The van der Waals surface area contributed by atoms with Crippen molar-refractivity contribution in [1.29, 1.82) is 0 Å². The molecular weight excluding hydrogens is 366 g/mol. The first-order valence-electron chi connectivity index (χ1n) is 9.63. The van der Waals surface area contributed by atoms with E-state index in [0.29, 0.717) is 23.4 Å². The predicted molar refractivity (Wildman–Crippen MR) is 111 cm³/mol. The van der Waals surface area contributed by atoms with Gasteiger partial charge in [0.1, 0.15) is 5.57 Å². The quantitative estimate of drug-likeness (QED) is 0.690. The number of rotatable bonds is 3. The maximum Gasteiger partial charge on any atom is 0.341 e. The van der Waals surface area contributed by atoms with E-state index in [1.807, 2.05) is 56.3 Å². The number of nitrogens with one attached hydrogen (secondary N) is 1. The van der Waals surface area contributed by atoms with Gasteiger partial charge in [-0.05, 0) is 29.8 Å². The Morgan fingerprint density at radius 1 is 1.17 bits per heavy atom. The van der Waals surface area contributed by atoms with Gasteiger partial charge in [0, 0.05) is 29.3 Å². The Balaban J connectivity index is 1.78. The lowest BCUT2D eigenvalue weighted by Crippen LogP contribution is -2.36. The average Bonchev–Trinajstić information content (AvgIpc) is 3.17. The summed E-state index contributed by atoms with van der Waals surface area (Å²) in [4.78, 5) is 27.6. The summed E-state index contributed by atoms with van der Waals surface area (Å²) in [5.74, 6) is -0.643. The van der Waals surface area contributed by atoms with Crippen LogP contribution in [0.1, 0.15) is 42.4 Å². The molecule has 2 aromatic carbocycles. The zero-order valence-corrected chi connectivity index (χ0v) is 16.7. The van der Waals surface area contributed by atoms with Crippen molar-refractivity contribution < 1.29 is 14.3 Å². The van der Waals surface area contributed by atoms with Crippen molar-refractivity contribution in [3.63, 3.8) is 0 Å². The molecule has 1 aliphatic rings. The van der Waals surface area contributed by atoms with Crippen LogP contribution in [-0.2, 0) is 14.9 Å². The van der Waals surface area contributed by atoms with E-state index in [-0.39, 0.29) is 12.5 Å². The molecule has 6 heteroatoms. The summed E-state index contributed by atoms with van der Waals surface area (Å²) in [5, 5.41) is 9.10. The van der Waals surface area contributed by atoms with Gasteiger partial charge < -0.3 is 9.64 Å². The van der Waals surface area contributed by atoms with Crippen LogP contribution in [0.4, 0.5) is 0 Å². The van der Waals surface area contributed by atoms with Gasteiger partial charge in [0.25, 0.3) is 5.91 Å². The highest BCUT2D eigenvalue weighted by Gasteiger charge is 2.36. The molecule has 2 heterocycles. The number of nitrogens with zero attached hydrogens (tertiary/aromatic N) is 2. The maximum atomic E-state index is 13.4. The van der Waals surface area contributed by atoms with Gasteiger partial charge in [0.2, 0.25) is 0 Å². The van der Waals surface area contributed by atoms with Gasteiger partial charge >= 0.3 is 5.97 Å². The molecule has 1 aliphatic heterocycles. The van der Waals surface area contributed by atoms with Gasteiger partial charge in [-0.15, -0.1) is 0 Å². The Hall–Kier alpha value is -3.41. The molecule has 0 unspecified atom stereocenters. The third-order valence-corrected chi connectivity index (χ3v) is 5.24. The highest BCUT2D eigenvalue weighted by molar-refractivity contribution is 6.17. The number of aromatic nitrogens is 2. The molecule has 3 aromatic rings. The number of carbonyl (C=O) groups is 2. The van der Waals surface area contributed by atoms with Crippen molar-refractivity contribution in [2.24, 2.45) is 0 Å². The zero-order valence-electron chi connectivity index (χ0n) is 16.7. The second-order valence-corrected chi connectivity index (χ2v) is 7.80. The summed E-state index contributed by atoms with van der Waals surface area (Å²) in [6.07, 6.45) is 3.30. The predicted octanol–water partition coefficient (Wildman–Crippen LogP) is 3.90. The van der Waals surface area contributed by atoms with Gasteiger partial charge in [0.15, 0.2) is 0 Å². The van der Waals surface area contributed by atoms with Crippen molar-refractivity contribution in [3.8, 4) is 0 Å². The van der Waals surface area contributed by atoms with Gasteiger partial charge in [-0.3, -0.25) is 9.89 Å². The van der Waals surface area contributed by atoms with Crippen LogP contribution in [0.15, 0.2) is 54.9 Å². The van der Waals surface area contributed by atoms with Crippen LogP contribution in [0.25, 0.3) is 16.3 Å². The molecule has 1 amide bonds. The van der Waals surface area contributed by atoms with E-state index < -0.39 is 11.4 Å². The van der Waals surface area contributed by atoms with Crippen molar-refractivity contribution in [3.05, 3.63) is 71.7 Å². The molecule has 29 heavy (non-hydrogen) atoms. The van der Waals surface area contributed by atoms with E-state index in [4.69, 9.17) is 4.74 Å². The lowest BCUT2D eigenvalue weighted by Gasteiger charge is -2.28. The summed E-state index contributed by atoms with van der Waals surface area (Å²) >= 11 is 0. The molecule has 0 radical (unpaired) electrons.